The first kappa shape index (κ1) is 19.1. The standard InChI is InChI=1S/C19H28ClNO3/c1-12-10-16(15(13(2)22)11-17(12)20)14-6-8-21(9-7-14)18(23)24-19(3,4)5/h10-11,13-14,22H,6-9H2,1-5H3/t13-/m0/s1. The smallest absolute Gasteiger partial charge is 0.410 e. The van der Waals surface area contributed by atoms with E-state index in [0.29, 0.717) is 24.0 Å². The van der Waals surface area contributed by atoms with Gasteiger partial charge < -0.3 is 14.7 Å². The number of halogens is 1. The molecular formula is C19H28ClNO3. The second kappa shape index (κ2) is 7.32. The summed E-state index contributed by atoms with van der Waals surface area (Å²) in [6.07, 6.45) is 0.922. The molecule has 0 aromatic heterocycles. The van der Waals surface area contributed by atoms with E-state index >= 15 is 0 Å². The molecule has 1 aromatic rings. The summed E-state index contributed by atoms with van der Waals surface area (Å²) in [7, 11) is 0. The summed E-state index contributed by atoms with van der Waals surface area (Å²) >= 11 is 6.21. The molecule has 4 nitrogen and oxygen atoms in total. The van der Waals surface area contributed by atoms with Crippen molar-refractivity contribution in [2.45, 2.75) is 65.1 Å². The molecule has 5 heteroatoms. The largest absolute Gasteiger partial charge is 0.444 e. The van der Waals surface area contributed by atoms with Crippen LogP contribution in [0.3, 0.4) is 0 Å². The monoisotopic (exact) mass is 353 g/mol. The van der Waals surface area contributed by atoms with Gasteiger partial charge in [0.1, 0.15) is 5.60 Å². The maximum atomic E-state index is 12.2. The Morgan fingerprint density at radius 2 is 1.92 bits per heavy atom. The van der Waals surface area contributed by atoms with Crippen molar-refractivity contribution in [1.29, 1.82) is 0 Å². The highest BCUT2D eigenvalue weighted by atomic mass is 35.5. The van der Waals surface area contributed by atoms with Crippen LogP contribution in [-0.2, 0) is 4.74 Å². The predicted molar refractivity (Wildman–Crippen MR) is 96.6 cm³/mol. The Morgan fingerprint density at radius 1 is 1.33 bits per heavy atom. The third-order valence-corrected chi connectivity index (χ3v) is 4.81. The highest BCUT2D eigenvalue weighted by Gasteiger charge is 2.29. The summed E-state index contributed by atoms with van der Waals surface area (Å²) in [5, 5.41) is 10.8. The number of piperidine rings is 1. The molecule has 1 aliphatic rings. The van der Waals surface area contributed by atoms with Crippen molar-refractivity contribution >= 4 is 17.7 Å². The number of hydrogen-bond acceptors (Lipinski definition) is 3. The molecule has 1 N–H and O–H groups in total. The Labute approximate surface area is 149 Å². The summed E-state index contributed by atoms with van der Waals surface area (Å²) in [5.74, 6) is 0.323. The first-order valence-corrected chi connectivity index (χ1v) is 8.92. The van der Waals surface area contributed by atoms with E-state index in [1.807, 2.05) is 33.8 Å². The number of likely N-dealkylation sites (tertiary alicyclic amines) is 1. The van der Waals surface area contributed by atoms with Gasteiger partial charge in [0.15, 0.2) is 0 Å². The van der Waals surface area contributed by atoms with Crippen molar-refractivity contribution in [3.63, 3.8) is 0 Å². The molecule has 1 aliphatic heterocycles. The maximum Gasteiger partial charge on any atom is 0.410 e. The van der Waals surface area contributed by atoms with E-state index in [0.717, 1.165) is 29.5 Å². The van der Waals surface area contributed by atoms with Crippen LogP contribution in [0.25, 0.3) is 0 Å². The lowest BCUT2D eigenvalue weighted by Crippen LogP contribution is -2.41. The number of amides is 1. The summed E-state index contributed by atoms with van der Waals surface area (Å²) < 4.78 is 5.44. The number of carbonyl (C=O) groups is 1. The first-order valence-electron chi connectivity index (χ1n) is 8.54. The molecule has 1 atom stereocenters. The zero-order valence-electron chi connectivity index (χ0n) is 15.2. The quantitative estimate of drug-likeness (QED) is 0.829. The number of aryl methyl sites for hydroxylation is 1. The predicted octanol–water partition coefficient (Wildman–Crippen LogP) is 4.82. The van der Waals surface area contributed by atoms with Gasteiger partial charge >= 0.3 is 6.09 Å². The number of carbonyl (C=O) groups excluding carboxylic acids is 1. The van der Waals surface area contributed by atoms with Crippen LogP contribution in [0.2, 0.25) is 5.02 Å². The molecule has 2 rings (SSSR count). The van der Waals surface area contributed by atoms with Gasteiger partial charge in [0, 0.05) is 18.1 Å². The summed E-state index contributed by atoms with van der Waals surface area (Å²) in [4.78, 5) is 13.9. The van der Waals surface area contributed by atoms with Crippen LogP contribution >= 0.6 is 11.6 Å². The lowest BCUT2D eigenvalue weighted by Gasteiger charge is -2.34. The number of hydrogen-bond donors (Lipinski definition) is 1. The van der Waals surface area contributed by atoms with E-state index in [4.69, 9.17) is 16.3 Å². The lowest BCUT2D eigenvalue weighted by atomic mass is 9.84. The molecule has 1 heterocycles. The Bertz CT molecular complexity index is 599. The van der Waals surface area contributed by atoms with Gasteiger partial charge in [-0.05, 0) is 76.1 Å². The molecule has 0 spiro atoms. The molecule has 1 aromatic carbocycles. The van der Waals surface area contributed by atoms with Crippen molar-refractivity contribution in [1.82, 2.24) is 4.90 Å². The van der Waals surface area contributed by atoms with Crippen LogP contribution in [0.5, 0.6) is 0 Å². The first-order chi connectivity index (χ1) is 11.1. The molecule has 134 valence electrons. The molecule has 1 fully saturated rings. The Morgan fingerprint density at radius 3 is 2.42 bits per heavy atom. The summed E-state index contributed by atoms with van der Waals surface area (Å²) in [6, 6.07) is 3.95. The minimum absolute atomic E-state index is 0.246. The van der Waals surface area contributed by atoms with Crippen LogP contribution in [0.4, 0.5) is 4.79 Å². The zero-order chi connectivity index (χ0) is 18.1. The average molecular weight is 354 g/mol. The molecule has 1 amide bonds. The fourth-order valence-corrected chi connectivity index (χ4v) is 3.31. The van der Waals surface area contributed by atoms with Gasteiger partial charge in [0.2, 0.25) is 0 Å². The topological polar surface area (TPSA) is 49.8 Å². The van der Waals surface area contributed by atoms with Gasteiger partial charge in [-0.2, -0.15) is 0 Å². The van der Waals surface area contributed by atoms with E-state index in [-0.39, 0.29) is 6.09 Å². The van der Waals surface area contributed by atoms with Crippen molar-refractivity contribution in [2.75, 3.05) is 13.1 Å². The zero-order valence-corrected chi connectivity index (χ0v) is 16.0. The highest BCUT2D eigenvalue weighted by molar-refractivity contribution is 6.31. The van der Waals surface area contributed by atoms with Crippen LogP contribution < -0.4 is 0 Å². The van der Waals surface area contributed by atoms with Crippen molar-refractivity contribution in [2.24, 2.45) is 0 Å². The highest BCUT2D eigenvalue weighted by Crippen LogP contribution is 2.36. The number of benzene rings is 1. The third kappa shape index (κ3) is 4.64. The van der Waals surface area contributed by atoms with Gasteiger partial charge in [-0.25, -0.2) is 4.79 Å². The molecule has 0 unspecified atom stereocenters. The molecule has 0 bridgehead atoms. The van der Waals surface area contributed by atoms with Crippen molar-refractivity contribution < 1.29 is 14.6 Å². The van der Waals surface area contributed by atoms with Crippen LogP contribution in [0, 0.1) is 6.92 Å². The molecule has 0 aliphatic carbocycles. The van der Waals surface area contributed by atoms with Gasteiger partial charge in [0.25, 0.3) is 0 Å². The Balaban J connectivity index is 2.10. The number of rotatable bonds is 2. The SMILES string of the molecule is Cc1cc(C2CCN(C(=O)OC(C)(C)C)CC2)c([C@H](C)O)cc1Cl. The van der Waals surface area contributed by atoms with Crippen LogP contribution in [-0.4, -0.2) is 34.8 Å². The van der Waals surface area contributed by atoms with E-state index in [1.165, 1.54) is 0 Å². The third-order valence-electron chi connectivity index (χ3n) is 4.40. The number of nitrogens with zero attached hydrogens (tertiary/aromatic N) is 1. The van der Waals surface area contributed by atoms with E-state index in [9.17, 15) is 9.90 Å². The van der Waals surface area contributed by atoms with Gasteiger partial charge in [-0.3, -0.25) is 0 Å². The molecule has 0 saturated carbocycles. The Hall–Kier alpha value is -1.26. The van der Waals surface area contributed by atoms with E-state index in [2.05, 4.69) is 6.07 Å². The number of aliphatic hydroxyl groups is 1. The normalized spacial score (nSPS) is 17.7. The molecular weight excluding hydrogens is 326 g/mol. The minimum atomic E-state index is -0.554. The van der Waals surface area contributed by atoms with Gasteiger partial charge in [-0.1, -0.05) is 17.7 Å². The number of aliphatic hydroxyl groups excluding tert-OH is 1. The van der Waals surface area contributed by atoms with Crippen LogP contribution in [0.15, 0.2) is 12.1 Å². The second-order valence-corrected chi connectivity index (χ2v) is 8.06. The number of ether oxygens (including phenoxy) is 1. The maximum absolute atomic E-state index is 12.2. The lowest BCUT2D eigenvalue weighted by molar-refractivity contribution is 0.0204. The fourth-order valence-electron chi connectivity index (χ4n) is 3.13. The molecule has 0 radical (unpaired) electrons. The minimum Gasteiger partial charge on any atom is -0.444 e. The summed E-state index contributed by atoms with van der Waals surface area (Å²) in [5.41, 5.74) is 2.59. The van der Waals surface area contributed by atoms with Crippen molar-refractivity contribution in [3.05, 3.63) is 33.8 Å². The average Bonchev–Trinajstić information content (AvgIpc) is 2.48. The Kier molecular flexibility index (Phi) is 5.82. The van der Waals surface area contributed by atoms with Gasteiger partial charge in [-0.15, -0.1) is 0 Å². The summed E-state index contributed by atoms with van der Waals surface area (Å²) in [6.45, 7) is 10.7. The second-order valence-electron chi connectivity index (χ2n) is 7.65. The van der Waals surface area contributed by atoms with E-state index in [1.54, 1.807) is 11.8 Å². The van der Waals surface area contributed by atoms with E-state index < -0.39 is 11.7 Å². The fraction of sp³-hybridized carbons (Fsp3) is 0.632. The van der Waals surface area contributed by atoms with Crippen molar-refractivity contribution in [3.8, 4) is 0 Å². The van der Waals surface area contributed by atoms with Gasteiger partial charge in [0.05, 0.1) is 6.10 Å². The molecule has 24 heavy (non-hydrogen) atoms. The van der Waals surface area contributed by atoms with Crippen LogP contribution in [0.1, 0.15) is 69.2 Å². The molecule has 1 saturated heterocycles.